The molecule has 0 amide bonds. The SMILES string of the molecule is COc1cc(Cl)c(-c2ccc(C(=O)O)cc2)cc1Cl. The Morgan fingerprint density at radius 1 is 1.11 bits per heavy atom. The highest BCUT2D eigenvalue weighted by Gasteiger charge is 2.10. The Kier molecular flexibility index (Phi) is 3.98. The summed E-state index contributed by atoms with van der Waals surface area (Å²) in [6.07, 6.45) is 0. The quantitative estimate of drug-likeness (QED) is 0.915. The Balaban J connectivity index is 2.47. The summed E-state index contributed by atoms with van der Waals surface area (Å²) in [6.45, 7) is 0. The standard InChI is InChI=1S/C14H10Cl2O3/c1-19-13-7-11(15)10(6-12(13)16)8-2-4-9(5-3-8)14(17)18/h2-7H,1H3,(H,17,18). The van der Waals surface area contributed by atoms with Gasteiger partial charge in [0.25, 0.3) is 0 Å². The third-order valence-electron chi connectivity index (χ3n) is 2.68. The van der Waals surface area contributed by atoms with Crippen LogP contribution in [-0.4, -0.2) is 18.2 Å². The fourth-order valence-electron chi connectivity index (χ4n) is 1.70. The number of hydrogen-bond acceptors (Lipinski definition) is 2. The fourth-order valence-corrected chi connectivity index (χ4v) is 2.20. The maximum Gasteiger partial charge on any atom is 0.335 e. The molecule has 98 valence electrons. The van der Waals surface area contributed by atoms with Crippen LogP contribution in [0.25, 0.3) is 11.1 Å². The molecule has 5 heteroatoms. The first-order valence-electron chi connectivity index (χ1n) is 5.39. The van der Waals surface area contributed by atoms with Gasteiger partial charge in [0.05, 0.1) is 22.7 Å². The number of carboxylic acid groups (broad SMARTS) is 1. The van der Waals surface area contributed by atoms with Crippen molar-refractivity contribution in [2.75, 3.05) is 7.11 Å². The van der Waals surface area contributed by atoms with Crippen LogP contribution in [0.5, 0.6) is 5.75 Å². The molecule has 0 atom stereocenters. The lowest BCUT2D eigenvalue weighted by atomic mass is 10.0. The maximum absolute atomic E-state index is 10.8. The molecule has 0 unspecified atom stereocenters. The predicted molar refractivity (Wildman–Crippen MR) is 75.4 cm³/mol. The third kappa shape index (κ3) is 2.83. The van der Waals surface area contributed by atoms with Gasteiger partial charge in [0.15, 0.2) is 0 Å². The van der Waals surface area contributed by atoms with E-state index in [0.717, 1.165) is 11.1 Å². The highest BCUT2D eigenvalue weighted by molar-refractivity contribution is 6.36. The Labute approximate surface area is 120 Å². The first kappa shape index (κ1) is 13.7. The summed E-state index contributed by atoms with van der Waals surface area (Å²) >= 11 is 12.2. The average Bonchev–Trinajstić information content (AvgIpc) is 2.41. The minimum Gasteiger partial charge on any atom is -0.495 e. The summed E-state index contributed by atoms with van der Waals surface area (Å²) < 4.78 is 5.07. The van der Waals surface area contributed by atoms with E-state index in [9.17, 15) is 4.79 Å². The molecule has 0 bridgehead atoms. The summed E-state index contributed by atoms with van der Waals surface area (Å²) in [5.41, 5.74) is 1.74. The average molecular weight is 297 g/mol. The zero-order valence-corrected chi connectivity index (χ0v) is 11.5. The summed E-state index contributed by atoms with van der Waals surface area (Å²) in [7, 11) is 1.51. The smallest absolute Gasteiger partial charge is 0.335 e. The molecule has 0 heterocycles. The van der Waals surface area contributed by atoms with Gasteiger partial charge in [0.1, 0.15) is 5.75 Å². The Hall–Kier alpha value is -1.71. The monoisotopic (exact) mass is 296 g/mol. The Bertz CT molecular complexity index is 621. The molecule has 2 aromatic rings. The van der Waals surface area contributed by atoms with Crippen molar-refractivity contribution in [2.45, 2.75) is 0 Å². The second kappa shape index (κ2) is 5.51. The van der Waals surface area contributed by atoms with Gasteiger partial charge < -0.3 is 9.84 Å². The van der Waals surface area contributed by atoms with Gasteiger partial charge in [-0.25, -0.2) is 4.79 Å². The molecule has 2 rings (SSSR count). The van der Waals surface area contributed by atoms with Crippen LogP contribution in [0, 0.1) is 0 Å². The lowest BCUT2D eigenvalue weighted by Crippen LogP contribution is -1.95. The molecule has 1 N–H and O–H groups in total. The van der Waals surface area contributed by atoms with Crippen LogP contribution in [0.15, 0.2) is 36.4 Å². The molecule has 0 aliphatic heterocycles. The second-order valence-corrected chi connectivity index (χ2v) is 4.66. The zero-order valence-electron chi connectivity index (χ0n) is 9.98. The molecular weight excluding hydrogens is 287 g/mol. The molecule has 19 heavy (non-hydrogen) atoms. The van der Waals surface area contributed by atoms with Gasteiger partial charge in [-0.3, -0.25) is 0 Å². The molecule has 0 saturated heterocycles. The maximum atomic E-state index is 10.8. The lowest BCUT2D eigenvalue weighted by Gasteiger charge is -2.09. The number of halogens is 2. The van der Waals surface area contributed by atoms with Crippen LogP contribution in [-0.2, 0) is 0 Å². The van der Waals surface area contributed by atoms with Gasteiger partial charge in [-0.15, -0.1) is 0 Å². The van der Waals surface area contributed by atoms with E-state index in [-0.39, 0.29) is 5.56 Å². The number of hydrogen-bond donors (Lipinski definition) is 1. The Morgan fingerprint density at radius 2 is 1.74 bits per heavy atom. The van der Waals surface area contributed by atoms with Gasteiger partial charge >= 0.3 is 5.97 Å². The summed E-state index contributed by atoms with van der Waals surface area (Å²) in [4.78, 5) is 10.8. The Morgan fingerprint density at radius 3 is 2.26 bits per heavy atom. The summed E-state index contributed by atoms with van der Waals surface area (Å²) in [5.74, 6) is -0.469. The fraction of sp³-hybridized carbons (Fsp3) is 0.0714. The molecule has 0 aliphatic carbocycles. The van der Waals surface area contributed by atoms with Crippen LogP contribution in [0.4, 0.5) is 0 Å². The molecular formula is C14H10Cl2O3. The molecule has 0 spiro atoms. The molecule has 2 aromatic carbocycles. The zero-order chi connectivity index (χ0) is 14.0. The normalized spacial score (nSPS) is 10.3. The first-order chi connectivity index (χ1) is 9.02. The van der Waals surface area contributed by atoms with Crippen LogP contribution in [0.3, 0.4) is 0 Å². The largest absolute Gasteiger partial charge is 0.495 e. The summed E-state index contributed by atoms with van der Waals surface area (Å²) in [5, 5.41) is 9.79. The van der Waals surface area contributed by atoms with Crippen molar-refractivity contribution in [3.05, 3.63) is 52.0 Å². The minimum absolute atomic E-state index is 0.222. The van der Waals surface area contributed by atoms with Crippen LogP contribution >= 0.6 is 23.2 Å². The highest BCUT2D eigenvalue weighted by atomic mass is 35.5. The van der Waals surface area contributed by atoms with Gasteiger partial charge in [0.2, 0.25) is 0 Å². The number of ether oxygens (including phenoxy) is 1. The minimum atomic E-state index is -0.967. The number of carbonyl (C=O) groups is 1. The van der Waals surface area contributed by atoms with E-state index < -0.39 is 5.97 Å². The molecule has 0 aliphatic rings. The number of aromatic carboxylic acids is 1. The van der Waals surface area contributed by atoms with Crippen LogP contribution in [0.1, 0.15) is 10.4 Å². The van der Waals surface area contributed by atoms with Crippen molar-refractivity contribution in [1.82, 2.24) is 0 Å². The van der Waals surface area contributed by atoms with E-state index in [4.69, 9.17) is 33.0 Å². The van der Waals surface area contributed by atoms with E-state index in [0.29, 0.717) is 15.8 Å². The summed E-state index contributed by atoms with van der Waals surface area (Å²) in [6, 6.07) is 9.74. The van der Waals surface area contributed by atoms with E-state index >= 15 is 0 Å². The number of methoxy groups -OCH3 is 1. The lowest BCUT2D eigenvalue weighted by molar-refractivity contribution is 0.0697. The third-order valence-corrected chi connectivity index (χ3v) is 3.29. The van der Waals surface area contributed by atoms with Crippen molar-refractivity contribution in [1.29, 1.82) is 0 Å². The molecule has 0 fully saturated rings. The number of carboxylic acids is 1. The van der Waals surface area contributed by atoms with Crippen molar-refractivity contribution < 1.29 is 14.6 Å². The van der Waals surface area contributed by atoms with Crippen molar-refractivity contribution >= 4 is 29.2 Å². The highest BCUT2D eigenvalue weighted by Crippen LogP contribution is 2.36. The molecule has 0 saturated carbocycles. The van der Waals surface area contributed by atoms with Crippen LogP contribution in [0.2, 0.25) is 10.0 Å². The molecule has 0 aromatic heterocycles. The number of benzene rings is 2. The van der Waals surface area contributed by atoms with E-state index in [1.165, 1.54) is 19.2 Å². The topological polar surface area (TPSA) is 46.5 Å². The van der Waals surface area contributed by atoms with Gasteiger partial charge in [-0.05, 0) is 23.8 Å². The van der Waals surface area contributed by atoms with Crippen molar-refractivity contribution in [3.63, 3.8) is 0 Å². The first-order valence-corrected chi connectivity index (χ1v) is 6.15. The second-order valence-electron chi connectivity index (χ2n) is 3.85. The molecule has 3 nitrogen and oxygen atoms in total. The van der Waals surface area contributed by atoms with Gasteiger partial charge in [-0.1, -0.05) is 35.3 Å². The van der Waals surface area contributed by atoms with Crippen molar-refractivity contribution in [2.24, 2.45) is 0 Å². The van der Waals surface area contributed by atoms with Gasteiger partial charge in [0, 0.05) is 11.6 Å². The number of rotatable bonds is 3. The van der Waals surface area contributed by atoms with E-state index in [1.807, 2.05) is 0 Å². The molecule has 0 radical (unpaired) electrons. The van der Waals surface area contributed by atoms with E-state index in [1.54, 1.807) is 24.3 Å². The van der Waals surface area contributed by atoms with E-state index in [2.05, 4.69) is 0 Å². The van der Waals surface area contributed by atoms with Crippen molar-refractivity contribution in [3.8, 4) is 16.9 Å². The predicted octanol–water partition coefficient (Wildman–Crippen LogP) is 4.37. The van der Waals surface area contributed by atoms with Gasteiger partial charge in [-0.2, -0.15) is 0 Å². The van der Waals surface area contributed by atoms with Crippen LogP contribution < -0.4 is 4.74 Å².